The van der Waals surface area contributed by atoms with Crippen molar-refractivity contribution in [1.82, 2.24) is 24.9 Å². The van der Waals surface area contributed by atoms with Gasteiger partial charge >= 0.3 is 0 Å². The topological polar surface area (TPSA) is 82.1 Å². The lowest BCUT2D eigenvalue weighted by Gasteiger charge is -2.37. The van der Waals surface area contributed by atoms with Crippen LogP contribution in [0, 0.1) is 17.8 Å². The first-order valence-electron chi connectivity index (χ1n) is 11.7. The first kappa shape index (κ1) is 18.8. The summed E-state index contributed by atoms with van der Waals surface area (Å²) in [4.78, 5) is 6.81. The maximum atomic E-state index is 6.50. The van der Waals surface area contributed by atoms with Crippen LogP contribution >= 0.6 is 0 Å². The number of hydrogen-bond donors (Lipinski definition) is 1. The normalized spacial score (nSPS) is 31.7. The number of likely N-dealkylation sites (tertiary alicyclic amines) is 1. The van der Waals surface area contributed by atoms with Gasteiger partial charge in [0.05, 0.1) is 17.8 Å². The highest BCUT2D eigenvalue weighted by Crippen LogP contribution is 2.44. The van der Waals surface area contributed by atoms with Crippen LogP contribution in [0.5, 0.6) is 0 Å². The summed E-state index contributed by atoms with van der Waals surface area (Å²) in [6, 6.07) is 4.39. The van der Waals surface area contributed by atoms with Gasteiger partial charge in [-0.25, -0.2) is 9.67 Å². The fourth-order valence-corrected chi connectivity index (χ4v) is 5.46. The molecule has 0 aromatic carbocycles. The van der Waals surface area contributed by atoms with E-state index in [0.29, 0.717) is 29.6 Å². The first-order valence-corrected chi connectivity index (χ1v) is 11.7. The van der Waals surface area contributed by atoms with E-state index in [1.165, 1.54) is 31.4 Å². The molecule has 3 saturated carbocycles. The lowest BCUT2D eigenvalue weighted by molar-refractivity contribution is -0.0375. The monoisotopic (exact) mass is 408 g/mol. The number of hydrogen-bond acceptors (Lipinski definition) is 6. The lowest BCUT2D eigenvalue weighted by Crippen LogP contribution is -2.38. The Balaban J connectivity index is 1.17. The Hall–Kier alpha value is -1.99. The maximum Gasteiger partial charge on any atom is 0.127 e. The van der Waals surface area contributed by atoms with Crippen molar-refractivity contribution in [1.29, 1.82) is 0 Å². The molecule has 0 amide bonds. The molecule has 0 unspecified atom stereocenters. The van der Waals surface area contributed by atoms with Crippen molar-refractivity contribution in [3.05, 3.63) is 35.8 Å². The number of pyridine rings is 1. The zero-order valence-corrected chi connectivity index (χ0v) is 17.6. The van der Waals surface area contributed by atoms with E-state index in [2.05, 4.69) is 37.1 Å². The fraction of sp³-hybridized carbons (Fsp3) is 0.696. The molecule has 0 spiro atoms. The Labute approximate surface area is 178 Å². The minimum absolute atomic E-state index is 0.254. The highest BCUT2D eigenvalue weighted by atomic mass is 16.5. The molecule has 3 heterocycles. The van der Waals surface area contributed by atoms with Gasteiger partial charge in [-0.2, -0.15) is 0 Å². The van der Waals surface area contributed by atoms with Crippen molar-refractivity contribution >= 4 is 5.82 Å². The molecule has 30 heavy (non-hydrogen) atoms. The van der Waals surface area contributed by atoms with Gasteiger partial charge in [0.1, 0.15) is 5.82 Å². The third kappa shape index (κ3) is 3.85. The molecule has 7 nitrogen and oxygen atoms in total. The molecule has 0 radical (unpaired) electrons. The second kappa shape index (κ2) is 7.61. The summed E-state index contributed by atoms with van der Waals surface area (Å²) in [6.45, 7) is 4.05. The average molecular weight is 409 g/mol. The molecular weight excluding hydrogens is 376 g/mol. The van der Waals surface area contributed by atoms with Crippen LogP contribution in [0.4, 0.5) is 5.82 Å². The van der Waals surface area contributed by atoms with Gasteiger partial charge in [0.25, 0.3) is 0 Å². The van der Waals surface area contributed by atoms with E-state index < -0.39 is 0 Å². The predicted molar refractivity (Wildman–Crippen MR) is 114 cm³/mol. The number of ether oxygens (including phenoxy) is 1. The molecule has 0 bridgehead atoms. The summed E-state index contributed by atoms with van der Waals surface area (Å²) in [5, 5.41) is 9.04. The summed E-state index contributed by atoms with van der Waals surface area (Å²) in [5.41, 5.74) is 8.41. The highest BCUT2D eigenvalue weighted by Gasteiger charge is 2.44. The highest BCUT2D eigenvalue weighted by molar-refractivity contribution is 5.38. The van der Waals surface area contributed by atoms with E-state index in [0.717, 1.165) is 50.6 Å². The zero-order valence-electron chi connectivity index (χ0n) is 17.6. The van der Waals surface area contributed by atoms with Gasteiger partial charge in [0, 0.05) is 50.1 Å². The van der Waals surface area contributed by atoms with Crippen molar-refractivity contribution in [2.75, 3.05) is 25.4 Å². The van der Waals surface area contributed by atoms with Gasteiger partial charge in [0.2, 0.25) is 0 Å². The van der Waals surface area contributed by atoms with Crippen LogP contribution < -0.4 is 5.73 Å². The largest absolute Gasteiger partial charge is 0.383 e. The number of fused-ring (bicyclic) bond motifs is 1. The molecule has 160 valence electrons. The van der Waals surface area contributed by atoms with E-state index >= 15 is 0 Å². The van der Waals surface area contributed by atoms with Crippen LogP contribution in [0.3, 0.4) is 0 Å². The fourth-order valence-electron chi connectivity index (χ4n) is 5.46. The van der Waals surface area contributed by atoms with E-state index in [1.54, 1.807) is 6.20 Å². The third-order valence-corrected chi connectivity index (χ3v) is 7.59. The Morgan fingerprint density at radius 3 is 2.70 bits per heavy atom. The molecule has 1 aliphatic heterocycles. The first-order chi connectivity index (χ1) is 14.7. The number of rotatable bonds is 7. The van der Waals surface area contributed by atoms with Crippen LogP contribution in [0.25, 0.3) is 0 Å². The molecule has 2 N–H and O–H groups in total. The maximum absolute atomic E-state index is 6.50. The second-order valence-electron chi connectivity index (χ2n) is 10.0. The standard InChI is InChI=1S/C23H32N6O/c24-23-17(2-1-7-25-23)10-28-11-18-8-21(29-13-20(26-27-29)16-5-6-16)22(9-19(18)12-28)30-14-15-3-4-15/h1-2,7,13,15-16,18-19,21-22H,3-6,8-12,14H2,(H2,24,25)/t18-,19+,21-,22-/m1/s1. The summed E-state index contributed by atoms with van der Waals surface area (Å²) >= 11 is 0. The minimum Gasteiger partial charge on any atom is -0.383 e. The predicted octanol–water partition coefficient (Wildman–Crippen LogP) is 3.01. The minimum atomic E-state index is 0.254. The Kier molecular flexibility index (Phi) is 4.76. The molecule has 4 fully saturated rings. The third-order valence-electron chi connectivity index (χ3n) is 7.59. The second-order valence-corrected chi connectivity index (χ2v) is 10.0. The summed E-state index contributed by atoms with van der Waals surface area (Å²) in [7, 11) is 0. The smallest absolute Gasteiger partial charge is 0.127 e. The van der Waals surface area contributed by atoms with Gasteiger partial charge < -0.3 is 10.5 Å². The molecule has 4 aliphatic rings. The van der Waals surface area contributed by atoms with Gasteiger partial charge in [-0.15, -0.1) is 5.10 Å². The van der Waals surface area contributed by atoms with Crippen LogP contribution in [0.1, 0.15) is 61.7 Å². The van der Waals surface area contributed by atoms with Gasteiger partial charge in [0.15, 0.2) is 0 Å². The molecule has 4 atom stereocenters. The lowest BCUT2D eigenvalue weighted by atomic mass is 9.77. The molecule has 3 aliphatic carbocycles. The van der Waals surface area contributed by atoms with Gasteiger partial charge in [-0.3, -0.25) is 4.90 Å². The zero-order chi connectivity index (χ0) is 20.1. The summed E-state index contributed by atoms with van der Waals surface area (Å²) in [6.07, 6.45) is 11.7. The van der Waals surface area contributed by atoms with Crippen LogP contribution in [0.2, 0.25) is 0 Å². The van der Waals surface area contributed by atoms with Crippen molar-refractivity contribution in [3.63, 3.8) is 0 Å². The Morgan fingerprint density at radius 1 is 1.10 bits per heavy atom. The average Bonchev–Trinajstić information content (AvgIpc) is 3.68. The molecule has 2 aromatic rings. The van der Waals surface area contributed by atoms with Crippen LogP contribution in [-0.2, 0) is 11.3 Å². The van der Waals surface area contributed by atoms with Crippen molar-refractivity contribution < 1.29 is 4.74 Å². The van der Waals surface area contributed by atoms with E-state index in [-0.39, 0.29) is 6.10 Å². The van der Waals surface area contributed by atoms with Gasteiger partial charge in [-0.05, 0) is 62.3 Å². The van der Waals surface area contributed by atoms with E-state index in [1.807, 2.05) is 6.07 Å². The number of nitrogens with two attached hydrogens (primary N) is 1. The molecule has 1 saturated heterocycles. The van der Waals surface area contributed by atoms with Crippen molar-refractivity contribution in [2.24, 2.45) is 17.8 Å². The van der Waals surface area contributed by atoms with Crippen LogP contribution in [0.15, 0.2) is 24.5 Å². The number of aromatic nitrogens is 4. The number of nitrogen functional groups attached to an aromatic ring is 1. The SMILES string of the molecule is Nc1ncccc1CN1C[C@H]2C[C@@H](n3cc(C4CC4)nn3)[C@H](OCC3CC3)C[C@H]2C1. The Morgan fingerprint density at radius 2 is 1.93 bits per heavy atom. The number of anilines is 1. The molecule has 6 rings (SSSR count). The summed E-state index contributed by atoms with van der Waals surface area (Å²) in [5.74, 6) is 3.46. The number of nitrogens with zero attached hydrogens (tertiary/aromatic N) is 5. The van der Waals surface area contributed by atoms with Gasteiger partial charge in [-0.1, -0.05) is 11.3 Å². The molecular formula is C23H32N6O. The van der Waals surface area contributed by atoms with E-state index in [4.69, 9.17) is 10.5 Å². The van der Waals surface area contributed by atoms with Crippen LogP contribution in [-0.4, -0.2) is 50.7 Å². The molecule has 2 aromatic heterocycles. The summed E-state index contributed by atoms with van der Waals surface area (Å²) < 4.78 is 8.65. The van der Waals surface area contributed by atoms with E-state index in [9.17, 15) is 0 Å². The van der Waals surface area contributed by atoms with Crippen molar-refractivity contribution in [3.8, 4) is 0 Å². The molecule has 7 heteroatoms. The Bertz CT molecular complexity index is 891. The van der Waals surface area contributed by atoms with Crippen molar-refractivity contribution in [2.45, 2.75) is 63.1 Å². The quantitative estimate of drug-likeness (QED) is 0.758.